The van der Waals surface area contributed by atoms with Gasteiger partial charge in [-0.3, -0.25) is 4.90 Å². The van der Waals surface area contributed by atoms with E-state index in [4.69, 9.17) is 0 Å². The Morgan fingerprint density at radius 3 is 3.04 bits per heavy atom. The molecule has 1 saturated heterocycles. The maximum atomic E-state index is 10.7. The summed E-state index contributed by atoms with van der Waals surface area (Å²) in [5.74, 6) is 0.982. The molecule has 1 N–H and O–H groups in total. The molecule has 3 aromatic rings. The number of rotatable bonds is 4. The van der Waals surface area contributed by atoms with Crippen LogP contribution in [0, 0.1) is 5.92 Å². The molecular formula is C18H23N5O. The van der Waals surface area contributed by atoms with Gasteiger partial charge in [0.15, 0.2) is 0 Å². The fourth-order valence-electron chi connectivity index (χ4n) is 3.70. The molecule has 126 valence electrons. The summed E-state index contributed by atoms with van der Waals surface area (Å²) in [6.45, 7) is 2.80. The molecule has 6 nitrogen and oxygen atoms in total. The topological polar surface area (TPSA) is 58.6 Å². The Morgan fingerprint density at radius 1 is 1.29 bits per heavy atom. The van der Waals surface area contributed by atoms with Crippen LogP contribution in [0.4, 0.5) is 0 Å². The van der Waals surface area contributed by atoms with Crippen molar-refractivity contribution >= 4 is 5.65 Å². The highest BCUT2D eigenvalue weighted by Gasteiger charge is 2.29. The van der Waals surface area contributed by atoms with Crippen molar-refractivity contribution < 1.29 is 5.11 Å². The van der Waals surface area contributed by atoms with Gasteiger partial charge in [-0.25, -0.2) is 9.97 Å². The second-order valence-corrected chi connectivity index (χ2v) is 6.66. The number of aliphatic hydroxyl groups is 1. The van der Waals surface area contributed by atoms with Gasteiger partial charge < -0.3 is 14.1 Å². The van der Waals surface area contributed by atoms with Crippen molar-refractivity contribution in [3.63, 3.8) is 0 Å². The fraction of sp³-hybridized carbons (Fsp3) is 0.444. The number of aliphatic hydroxyl groups excluding tert-OH is 1. The lowest BCUT2D eigenvalue weighted by molar-refractivity contribution is 0.0400. The molecule has 0 bridgehead atoms. The Bertz CT molecular complexity index is 824. The Morgan fingerprint density at radius 2 is 2.21 bits per heavy atom. The number of aryl methyl sites for hydroxylation is 1. The van der Waals surface area contributed by atoms with E-state index in [2.05, 4.69) is 25.5 Å². The molecule has 2 atom stereocenters. The lowest BCUT2D eigenvalue weighted by atomic mass is 9.92. The van der Waals surface area contributed by atoms with Gasteiger partial charge in [0, 0.05) is 44.6 Å². The molecule has 0 radical (unpaired) electrons. The van der Waals surface area contributed by atoms with Gasteiger partial charge in [-0.1, -0.05) is 6.07 Å². The largest absolute Gasteiger partial charge is 0.385 e. The third-order valence-corrected chi connectivity index (χ3v) is 4.99. The lowest BCUT2D eigenvalue weighted by Crippen LogP contribution is -2.38. The number of nitrogens with zero attached hydrogens (tertiary/aromatic N) is 5. The number of likely N-dealkylation sites (tertiary alicyclic amines) is 1. The molecule has 1 aliphatic heterocycles. The first-order valence-electron chi connectivity index (χ1n) is 8.51. The summed E-state index contributed by atoms with van der Waals surface area (Å²) in [5, 5.41) is 10.7. The van der Waals surface area contributed by atoms with Crippen LogP contribution in [0.1, 0.15) is 30.5 Å². The zero-order valence-electron chi connectivity index (χ0n) is 13.9. The van der Waals surface area contributed by atoms with E-state index < -0.39 is 6.10 Å². The number of aromatic nitrogens is 4. The van der Waals surface area contributed by atoms with Gasteiger partial charge in [0.2, 0.25) is 0 Å². The summed E-state index contributed by atoms with van der Waals surface area (Å²) in [6, 6.07) is 6.06. The minimum absolute atomic E-state index is 0.221. The molecule has 1 aliphatic rings. The second kappa shape index (κ2) is 6.37. The molecule has 3 aromatic heterocycles. The molecule has 6 heteroatoms. The third-order valence-electron chi connectivity index (χ3n) is 4.99. The summed E-state index contributed by atoms with van der Waals surface area (Å²) in [5.41, 5.74) is 2.17. The number of hydrogen-bond acceptors (Lipinski definition) is 4. The van der Waals surface area contributed by atoms with Crippen LogP contribution in [-0.2, 0) is 13.6 Å². The number of fused-ring (bicyclic) bond motifs is 1. The van der Waals surface area contributed by atoms with Crippen LogP contribution in [0.2, 0.25) is 0 Å². The fourth-order valence-corrected chi connectivity index (χ4v) is 3.70. The summed E-state index contributed by atoms with van der Waals surface area (Å²) in [6.07, 6.45) is 9.28. The quantitative estimate of drug-likeness (QED) is 0.797. The van der Waals surface area contributed by atoms with Crippen molar-refractivity contribution in [3.8, 4) is 0 Å². The minimum Gasteiger partial charge on any atom is -0.385 e. The molecule has 0 saturated carbocycles. The van der Waals surface area contributed by atoms with E-state index in [1.54, 1.807) is 6.20 Å². The number of imidazole rings is 2. The van der Waals surface area contributed by atoms with Gasteiger partial charge in [-0.15, -0.1) is 0 Å². The Labute approximate surface area is 141 Å². The van der Waals surface area contributed by atoms with Gasteiger partial charge in [-0.05, 0) is 31.5 Å². The van der Waals surface area contributed by atoms with Crippen LogP contribution in [0.3, 0.4) is 0 Å². The highest BCUT2D eigenvalue weighted by molar-refractivity contribution is 5.39. The molecule has 0 amide bonds. The molecule has 0 aromatic carbocycles. The first-order valence-corrected chi connectivity index (χ1v) is 8.51. The summed E-state index contributed by atoms with van der Waals surface area (Å²) in [7, 11) is 1.94. The Hall–Kier alpha value is -2.18. The van der Waals surface area contributed by atoms with Crippen LogP contribution in [0.25, 0.3) is 5.65 Å². The summed E-state index contributed by atoms with van der Waals surface area (Å²) < 4.78 is 4.05. The standard InChI is InChI=1S/C18H23N5O/c1-21-10-7-19-18(21)17(24)14-5-4-8-22(12-14)13-15-11-20-16-6-2-3-9-23(15)16/h2-3,6-7,9-11,14,17,24H,4-5,8,12-13H2,1H3. The van der Waals surface area contributed by atoms with Gasteiger partial charge in [-0.2, -0.15) is 0 Å². The predicted molar refractivity (Wildman–Crippen MR) is 91.4 cm³/mol. The smallest absolute Gasteiger partial charge is 0.137 e. The molecular weight excluding hydrogens is 302 g/mol. The molecule has 0 spiro atoms. The van der Waals surface area contributed by atoms with Crippen LogP contribution < -0.4 is 0 Å². The molecule has 2 unspecified atom stereocenters. The van der Waals surface area contributed by atoms with Crippen molar-refractivity contribution in [2.45, 2.75) is 25.5 Å². The van der Waals surface area contributed by atoms with E-state index in [1.807, 2.05) is 42.2 Å². The van der Waals surface area contributed by atoms with Crippen LogP contribution in [0.5, 0.6) is 0 Å². The highest BCUT2D eigenvalue weighted by Crippen LogP contribution is 2.29. The first kappa shape index (κ1) is 15.4. The molecule has 4 rings (SSSR count). The van der Waals surface area contributed by atoms with Crippen molar-refractivity contribution in [1.29, 1.82) is 0 Å². The third kappa shape index (κ3) is 2.83. The maximum Gasteiger partial charge on any atom is 0.137 e. The lowest BCUT2D eigenvalue weighted by Gasteiger charge is -2.34. The normalized spacial score (nSPS) is 20.5. The molecule has 0 aliphatic carbocycles. The van der Waals surface area contributed by atoms with Gasteiger partial charge in [0.1, 0.15) is 17.6 Å². The van der Waals surface area contributed by atoms with E-state index in [9.17, 15) is 5.11 Å². The van der Waals surface area contributed by atoms with Gasteiger partial charge in [0.05, 0.1) is 11.9 Å². The van der Waals surface area contributed by atoms with Gasteiger partial charge in [0.25, 0.3) is 0 Å². The average Bonchev–Trinajstić information content (AvgIpc) is 3.21. The summed E-state index contributed by atoms with van der Waals surface area (Å²) >= 11 is 0. The highest BCUT2D eigenvalue weighted by atomic mass is 16.3. The number of piperidine rings is 1. The zero-order valence-corrected chi connectivity index (χ0v) is 13.9. The molecule has 1 fully saturated rings. The Balaban J connectivity index is 1.48. The SMILES string of the molecule is Cn1ccnc1C(O)C1CCCN(Cc2cnc3ccccn23)C1. The minimum atomic E-state index is -0.505. The predicted octanol–water partition coefficient (Wildman–Crippen LogP) is 2.01. The molecule has 24 heavy (non-hydrogen) atoms. The average molecular weight is 325 g/mol. The van der Waals surface area contributed by atoms with E-state index >= 15 is 0 Å². The maximum absolute atomic E-state index is 10.7. The summed E-state index contributed by atoms with van der Waals surface area (Å²) in [4.78, 5) is 11.2. The monoisotopic (exact) mass is 325 g/mol. The number of hydrogen-bond donors (Lipinski definition) is 1. The second-order valence-electron chi connectivity index (χ2n) is 6.66. The van der Waals surface area contributed by atoms with Crippen LogP contribution in [-0.4, -0.2) is 42.0 Å². The van der Waals surface area contributed by atoms with Crippen molar-refractivity contribution in [2.24, 2.45) is 13.0 Å². The van der Waals surface area contributed by atoms with Crippen LogP contribution >= 0.6 is 0 Å². The Kier molecular flexibility index (Phi) is 4.08. The molecule has 4 heterocycles. The van der Waals surface area contributed by atoms with Crippen LogP contribution in [0.15, 0.2) is 43.0 Å². The first-order chi connectivity index (χ1) is 11.7. The number of pyridine rings is 1. The van der Waals surface area contributed by atoms with E-state index in [-0.39, 0.29) is 5.92 Å². The van der Waals surface area contributed by atoms with E-state index in [1.165, 1.54) is 5.69 Å². The van der Waals surface area contributed by atoms with Crippen molar-refractivity contribution in [3.05, 3.63) is 54.5 Å². The van der Waals surface area contributed by atoms with E-state index in [0.717, 1.165) is 43.9 Å². The van der Waals surface area contributed by atoms with E-state index in [0.29, 0.717) is 0 Å². The van der Waals surface area contributed by atoms with Gasteiger partial charge >= 0.3 is 0 Å². The van der Waals surface area contributed by atoms with Crippen molar-refractivity contribution in [2.75, 3.05) is 13.1 Å². The zero-order chi connectivity index (χ0) is 16.5. The van der Waals surface area contributed by atoms with Crippen molar-refractivity contribution in [1.82, 2.24) is 23.8 Å².